The van der Waals surface area contributed by atoms with Gasteiger partial charge in [0.05, 0.1) is 18.9 Å². The number of aliphatic imine (C=N–C) groups is 1. The Morgan fingerprint density at radius 2 is 1.88 bits per heavy atom. The van der Waals surface area contributed by atoms with Gasteiger partial charge in [0.1, 0.15) is 10.8 Å². The molecule has 3 aromatic rings. The summed E-state index contributed by atoms with van der Waals surface area (Å²) in [6.45, 7) is 8.27. The number of halogens is 1. The van der Waals surface area contributed by atoms with Crippen LogP contribution in [-0.4, -0.2) is 57.7 Å². The van der Waals surface area contributed by atoms with Gasteiger partial charge in [-0.25, -0.2) is 4.79 Å². The predicted molar refractivity (Wildman–Crippen MR) is 124 cm³/mol. The van der Waals surface area contributed by atoms with Crippen LogP contribution >= 0.6 is 22.9 Å². The summed E-state index contributed by atoms with van der Waals surface area (Å²) in [5.74, 6) is 1.34. The quantitative estimate of drug-likeness (QED) is 0.617. The second-order valence-corrected chi connectivity index (χ2v) is 9.48. The second kappa shape index (κ2) is 8.31. The van der Waals surface area contributed by atoms with E-state index in [1.54, 1.807) is 16.2 Å². The van der Waals surface area contributed by atoms with Crippen molar-refractivity contribution < 1.29 is 9.53 Å². The summed E-state index contributed by atoms with van der Waals surface area (Å²) in [4.78, 5) is 21.0. The largest absolute Gasteiger partial charge is 0.378 e. The summed E-state index contributed by atoms with van der Waals surface area (Å²) in [7, 11) is 0. The Bertz CT molecular complexity index is 1210. The number of fused-ring (bicyclic) bond motifs is 3. The number of aromatic nitrogens is 3. The highest BCUT2D eigenvalue weighted by molar-refractivity contribution is 7.15. The average molecular weight is 471 g/mol. The zero-order valence-electron chi connectivity index (χ0n) is 18.1. The first-order valence-electron chi connectivity index (χ1n) is 10.4. The molecule has 8 nitrogen and oxygen atoms in total. The highest BCUT2D eigenvalue weighted by atomic mass is 35.5. The zero-order valence-corrected chi connectivity index (χ0v) is 19.6. The van der Waals surface area contributed by atoms with Gasteiger partial charge in [0.15, 0.2) is 12.0 Å². The van der Waals surface area contributed by atoms with E-state index in [4.69, 9.17) is 21.3 Å². The first-order chi connectivity index (χ1) is 15.4. The molecule has 1 saturated heterocycles. The summed E-state index contributed by atoms with van der Waals surface area (Å²) >= 11 is 7.82. The Labute approximate surface area is 194 Å². The van der Waals surface area contributed by atoms with Crippen LogP contribution in [0.1, 0.15) is 39.4 Å². The van der Waals surface area contributed by atoms with E-state index in [0.29, 0.717) is 37.2 Å². The maximum absolute atomic E-state index is 13.0. The molecule has 1 aromatic carbocycles. The number of morpholine rings is 1. The van der Waals surface area contributed by atoms with Crippen molar-refractivity contribution in [2.45, 2.75) is 26.9 Å². The van der Waals surface area contributed by atoms with Crippen LogP contribution in [0.5, 0.6) is 0 Å². The number of amides is 2. The molecule has 1 atom stereocenters. The van der Waals surface area contributed by atoms with E-state index in [1.807, 2.05) is 35.8 Å². The van der Waals surface area contributed by atoms with Crippen LogP contribution < -0.4 is 5.32 Å². The fourth-order valence-electron chi connectivity index (χ4n) is 4.00. The summed E-state index contributed by atoms with van der Waals surface area (Å²) in [5, 5.41) is 13.4. The number of hydrogen-bond acceptors (Lipinski definition) is 6. The maximum atomic E-state index is 13.0. The van der Waals surface area contributed by atoms with E-state index in [-0.39, 0.29) is 6.03 Å². The number of thiophene rings is 1. The van der Waals surface area contributed by atoms with Crippen molar-refractivity contribution in [2.75, 3.05) is 26.3 Å². The van der Waals surface area contributed by atoms with Gasteiger partial charge in [0.2, 0.25) is 0 Å². The first kappa shape index (κ1) is 21.1. The molecule has 2 aromatic heterocycles. The van der Waals surface area contributed by atoms with Crippen LogP contribution in [0.3, 0.4) is 0 Å². The monoisotopic (exact) mass is 470 g/mol. The number of carbonyl (C=O) groups excluding carboxylic acids is 1. The van der Waals surface area contributed by atoms with Crippen LogP contribution in [0.15, 0.2) is 29.3 Å². The van der Waals surface area contributed by atoms with Gasteiger partial charge in [-0.05, 0) is 38.5 Å². The molecule has 1 unspecified atom stereocenters. The van der Waals surface area contributed by atoms with E-state index < -0.39 is 6.17 Å². The molecule has 2 amide bonds. The Morgan fingerprint density at radius 1 is 1.16 bits per heavy atom. The third-order valence-electron chi connectivity index (χ3n) is 5.84. The van der Waals surface area contributed by atoms with Crippen molar-refractivity contribution in [3.8, 4) is 5.00 Å². The number of urea groups is 1. The second-order valence-electron chi connectivity index (χ2n) is 7.84. The molecule has 10 heteroatoms. The number of rotatable bonds is 2. The van der Waals surface area contributed by atoms with Crippen molar-refractivity contribution in [1.82, 2.24) is 25.0 Å². The van der Waals surface area contributed by atoms with Gasteiger partial charge in [0.25, 0.3) is 0 Å². The molecule has 0 spiro atoms. The summed E-state index contributed by atoms with van der Waals surface area (Å²) in [6.07, 6.45) is -0.684. The molecule has 1 fully saturated rings. The fraction of sp³-hybridized carbons (Fsp3) is 0.364. The van der Waals surface area contributed by atoms with Gasteiger partial charge in [0, 0.05) is 34.1 Å². The number of ether oxygens (including phenoxy) is 1. The molecule has 2 aliphatic rings. The molecule has 2 aliphatic heterocycles. The number of aryl methyl sites for hydroxylation is 2. The highest BCUT2D eigenvalue weighted by Crippen LogP contribution is 2.38. The van der Waals surface area contributed by atoms with E-state index in [9.17, 15) is 4.79 Å². The molecule has 32 heavy (non-hydrogen) atoms. The maximum Gasteiger partial charge on any atom is 0.319 e. The van der Waals surface area contributed by atoms with Gasteiger partial charge in [-0.1, -0.05) is 23.7 Å². The van der Waals surface area contributed by atoms with E-state index in [0.717, 1.165) is 33.2 Å². The van der Waals surface area contributed by atoms with Crippen LogP contribution in [0.4, 0.5) is 4.79 Å². The molecule has 0 saturated carbocycles. The standard InChI is InChI=1S/C22H23ClN6O2S/c1-12-13(2)32-21-17(12)18(15-4-6-16(23)7-5-15)24-19(20-27-26-14(3)29(20)21)25-22(30)28-8-10-31-11-9-28/h4-7,19H,8-11H2,1-3H3,(H,25,30). The fourth-order valence-corrected chi connectivity index (χ4v) is 5.34. The molecule has 0 bridgehead atoms. The first-order valence-corrected chi connectivity index (χ1v) is 11.6. The van der Waals surface area contributed by atoms with Crippen LogP contribution in [0.2, 0.25) is 5.02 Å². The molecule has 5 rings (SSSR count). The number of nitrogens with zero attached hydrogens (tertiary/aromatic N) is 5. The van der Waals surface area contributed by atoms with Crippen molar-refractivity contribution >= 4 is 34.7 Å². The van der Waals surface area contributed by atoms with E-state index in [2.05, 4.69) is 29.4 Å². The van der Waals surface area contributed by atoms with E-state index in [1.165, 1.54) is 4.88 Å². The lowest BCUT2D eigenvalue weighted by Crippen LogP contribution is -2.47. The lowest BCUT2D eigenvalue weighted by atomic mass is 10.00. The normalized spacial score (nSPS) is 17.9. The average Bonchev–Trinajstić information content (AvgIpc) is 3.27. The van der Waals surface area contributed by atoms with Crippen LogP contribution in [0, 0.1) is 20.8 Å². The van der Waals surface area contributed by atoms with Gasteiger partial charge in [-0.2, -0.15) is 0 Å². The Hall–Kier alpha value is -2.75. The molecular weight excluding hydrogens is 448 g/mol. The van der Waals surface area contributed by atoms with Crippen molar-refractivity contribution in [2.24, 2.45) is 4.99 Å². The third-order valence-corrected chi connectivity index (χ3v) is 7.28. The molecular formula is C22H23ClN6O2S. The number of carbonyl (C=O) groups is 1. The zero-order chi connectivity index (χ0) is 22.4. The minimum absolute atomic E-state index is 0.192. The summed E-state index contributed by atoms with van der Waals surface area (Å²) in [6, 6.07) is 7.42. The van der Waals surface area contributed by atoms with Gasteiger partial charge >= 0.3 is 6.03 Å². The molecule has 0 aliphatic carbocycles. The topological polar surface area (TPSA) is 84.6 Å². The Balaban J connectivity index is 1.66. The molecule has 4 heterocycles. The van der Waals surface area contributed by atoms with Crippen LogP contribution in [0.25, 0.3) is 5.00 Å². The summed E-state index contributed by atoms with van der Waals surface area (Å²) < 4.78 is 7.39. The van der Waals surface area contributed by atoms with Crippen molar-refractivity contribution in [3.05, 3.63) is 62.5 Å². The SMILES string of the molecule is Cc1sc2c(c1C)C(c1ccc(Cl)cc1)=NC(NC(=O)N1CCOCC1)c1nnc(C)n1-2. The lowest BCUT2D eigenvalue weighted by molar-refractivity contribution is 0.0525. The smallest absolute Gasteiger partial charge is 0.319 e. The number of nitrogens with one attached hydrogen (secondary N) is 1. The Kier molecular flexibility index (Phi) is 5.48. The molecule has 1 N–H and O–H groups in total. The highest BCUT2D eigenvalue weighted by Gasteiger charge is 2.33. The number of hydrogen-bond donors (Lipinski definition) is 1. The van der Waals surface area contributed by atoms with Gasteiger partial charge in [-0.15, -0.1) is 21.5 Å². The van der Waals surface area contributed by atoms with Crippen LogP contribution in [-0.2, 0) is 4.74 Å². The Morgan fingerprint density at radius 3 is 2.59 bits per heavy atom. The lowest BCUT2D eigenvalue weighted by Gasteiger charge is -2.28. The van der Waals surface area contributed by atoms with Gasteiger partial charge in [-0.3, -0.25) is 9.56 Å². The third kappa shape index (κ3) is 3.60. The van der Waals surface area contributed by atoms with Crippen molar-refractivity contribution in [3.63, 3.8) is 0 Å². The minimum Gasteiger partial charge on any atom is -0.378 e. The molecule has 0 radical (unpaired) electrons. The van der Waals surface area contributed by atoms with Crippen molar-refractivity contribution in [1.29, 1.82) is 0 Å². The van der Waals surface area contributed by atoms with Gasteiger partial charge < -0.3 is 15.0 Å². The predicted octanol–water partition coefficient (Wildman–Crippen LogP) is 3.80. The number of benzene rings is 1. The van der Waals surface area contributed by atoms with E-state index >= 15 is 0 Å². The molecule has 166 valence electrons. The summed E-state index contributed by atoms with van der Waals surface area (Å²) in [5.41, 5.74) is 3.91. The minimum atomic E-state index is -0.684.